The number of hydrogen-bond donors (Lipinski definition) is 0. The zero-order chi connectivity index (χ0) is 16.7. The van der Waals surface area contributed by atoms with Gasteiger partial charge >= 0.3 is 0 Å². The number of carbonyl (C=O) groups is 2. The van der Waals surface area contributed by atoms with Gasteiger partial charge < -0.3 is 0 Å². The predicted molar refractivity (Wildman–Crippen MR) is 92.5 cm³/mol. The first-order valence-corrected chi connectivity index (χ1v) is 8.54. The topological polar surface area (TPSA) is 49.7 Å². The molecule has 2 aliphatic rings. The molecule has 0 bridgehead atoms. The molecule has 0 N–H and O–H groups in total. The van der Waals surface area contributed by atoms with Crippen LogP contribution in [0.4, 0.5) is 0 Å². The first-order valence-electron chi connectivity index (χ1n) is 8.54. The minimum atomic E-state index is -0.210. The first-order chi connectivity index (χ1) is 11.1. The van der Waals surface area contributed by atoms with Gasteiger partial charge in [0, 0.05) is 11.3 Å². The van der Waals surface area contributed by atoms with E-state index in [4.69, 9.17) is 0 Å². The molecule has 1 aromatic rings. The van der Waals surface area contributed by atoms with Crippen LogP contribution in [0, 0.1) is 5.92 Å². The molecule has 1 aliphatic heterocycles. The van der Waals surface area contributed by atoms with Crippen LogP contribution in [-0.4, -0.2) is 29.0 Å². The van der Waals surface area contributed by atoms with E-state index < -0.39 is 0 Å². The molecule has 1 atom stereocenters. The number of ketones is 1. The number of carbonyl (C=O) groups excluding carboxylic acids is 2. The van der Waals surface area contributed by atoms with Crippen molar-refractivity contribution in [3.8, 4) is 0 Å². The Balaban J connectivity index is 0.000000268. The van der Waals surface area contributed by atoms with Gasteiger partial charge in [0.1, 0.15) is 6.54 Å². The average molecular weight is 314 g/mol. The summed E-state index contributed by atoms with van der Waals surface area (Å²) < 4.78 is 0. The minimum absolute atomic E-state index is 0.0184. The number of Topliss-reactive ketones (excluding diaryl/α,β-unsaturated/α-hetero) is 1. The molecule has 0 aromatic heterocycles. The van der Waals surface area contributed by atoms with Gasteiger partial charge in [-0.1, -0.05) is 68.9 Å². The molecule has 1 aromatic carbocycles. The zero-order valence-corrected chi connectivity index (χ0v) is 14.1. The predicted octanol–water partition coefficient (Wildman–Crippen LogP) is 4.06. The lowest BCUT2D eigenvalue weighted by atomic mass is 10.0. The number of amides is 1. The highest BCUT2D eigenvalue weighted by Gasteiger charge is 2.30. The highest BCUT2D eigenvalue weighted by atomic mass is 16.2. The largest absolute Gasteiger partial charge is 0.292 e. The zero-order valence-electron chi connectivity index (χ0n) is 14.1. The van der Waals surface area contributed by atoms with Gasteiger partial charge in [0.15, 0.2) is 5.78 Å². The summed E-state index contributed by atoms with van der Waals surface area (Å²) in [5, 5.41) is 5.35. The molecule has 0 unspecified atom stereocenters. The van der Waals surface area contributed by atoms with E-state index in [2.05, 4.69) is 5.10 Å². The minimum Gasteiger partial charge on any atom is -0.292 e. The van der Waals surface area contributed by atoms with Gasteiger partial charge in [0.05, 0.1) is 5.92 Å². The van der Waals surface area contributed by atoms with E-state index in [0.29, 0.717) is 5.56 Å². The lowest BCUT2D eigenvalue weighted by Gasteiger charge is -2.11. The standard InChI is InChI=1S/C13H14N2O2.C6H12/c1-9-10(2)14-15(13(9)17)8-12(16)11-6-4-3-5-7-11;1-2-4-6-5-3-1/h3-7,9H,8H2,1-2H3;1-6H2/t9-;/m1./s1. The Morgan fingerprint density at radius 2 is 1.61 bits per heavy atom. The molecule has 1 fully saturated rings. The van der Waals surface area contributed by atoms with Crippen molar-refractivity contribution in [1.82, 2.24) is 5.01 Å². The third kappa shape index (κ3) is 5.02. The lowest BCUT2D eigenvalue weighted by Crippen LogP contribution is -2.30. The number of rotatable bonds is 3. The molecule has 1 aliphatic carbocycles. The molecule has 23 heavy (non-hydrogen) atoms. The van der Waals surface area contributed by atoms with Crippen LogP contribution in [0.25, 0.3) is 0 Å². The fourth-order valence-corrected chi connectivity index (χ4v) is 2.75. The summed E-state index contributed by atoms with van der Waals surface area (Å²) >= 11 is 0. The summed E-state index contributed by atoms with van der Waals surface area (Å²) in [6.45, 7) is 3.62. The van der Waals surface area contributed by atoms with Gasteiger partial charge in [-0.2, -0.15) is 5.10 Å². The van der Waals surface area contributed by atoms with E-state index in [1.165, 1.54) is 43.5 Å². The molecule has 4 heteroatoms. The second-order valence-electron chi connectivity index (χ2n) is 6.27. The molecular formula is C19H26N2O2. The van der Waals surface area contributed by atoms with Gasteiger partial charge in [-0.25, -0.2) is 5.01 Å². The van der Waals surface area contributed by atoms with Crippen LogP contribution in [0.2, 0.25) is 0 Å². The molecular weight excluding hydrogens is 288 g/mol. The summed E-state index contributed by atoms with van der Waals surface area (Å²) in [5.74, 6) is -0.407. The van der Waals surface area contributed by atoms with Crippen LogP contribution in [-0.2, 0) is 4.79 Å². The van der Waals surface area contributed by atoms with Crippen molar-refractivity contribution in [2.75, 3.05) is 6.54 Å². The Hall–Kier alpha value is -1.97. The molecule has 3 rings (SSSR count). The van der Waals surface area contributed by atoms with Gasteiger partial charge in [-0.3, -0.25) is 9.59 Å². The van der Waals surface area contributed by atoms with Crippen LogP contribution in [0.15, 0.2) is 35.4 Å². The maximum Gasteiger partial charge on any atom is 0.251 e. The second-order valence-corrected chi connectivity index (χ2v) is 6.27. The summed E-state index contributed by atoms with van der Waals surface area (Å²) in [6, 6.07) is 8.93. The first kappa shape index (κ1) is 17.4. The Morgan fingerprint density at radius 1 is 1.09 bits per heavy atom. The van der Waals surface area contributed by atoms with E-state index in [9.17, 15) is 9.59 Å². The van der Waals surface area contributed by atoms with Crippen molar-refractivity contribution < 1.29 is 9.59 Å². The van der Waals surface area contributed by atoms with E-state index in [1.807, 2.05) is 6.07 Å². The molecule has 1 amide bonds. The van der Waals surface area contributed by atoms with Gasteiger partial charge in [0.25, 0.3) is 5.91 Å². The van der Waals surface area contributed by atoms with Crippen LogP contribution >= 0.6 is 0 Å². The van der Waals surface area contributed by atoms with Crippen molar-refractivity contribution >= 4 is 17.4 Å². The number of nitrogens with zero attached hydrogens (tertiary/aromatic N) is 2. The van der Waals surface area contributed by atoms with E-state index in [1.54, 1.807) is 38.1 Å². The van der Waals surface area contributed by atoms with Gasteiger partial charge in [-0.05, 0) is 13.8 Å². The Labute approximate surface area is 138 Å². The maximum absolute atomic E-state index is 11.9. The summed E-state index contributed by atoms with van der Waals surface area (Å²) in [4.78, 5) is 23.6. The molecule has 1 heterocycles. The Morgan fingerprint density at radius 3 is 2.04 bits per heavy atom. The van der Waals surface area contributed by atoms with Crippen molar-refractivity contribution in [1.29, 1.82) is 0 Å². The van der Waals surface area contributed by atoms with Crippen molar-refractivity contribution in [2.45, 2.75) is 52.4 Å². The van der Waals surface area contributed by atoms with Gasteiger partial charge in [-0.15, -0.1) is 0 Å². The lowest BCUT2D eigenvalue weighted by molar-refractivity contribution is -0.130. The van der Waals surface area contributed by atoms with E-state index >= 15 is 0 Å². The molecule has 0 spiro atoms. The molecule has 4 nitrogen and oxygen atoms in total. The van der Waals surface area contributed by atoms with E-state index in [-0.39, 0.29) is 24.2 Å². The summed E-state index contributed by atoms with van der Waals surface area (Å²) in [6.07, 6.45) is 9.00. The molecule has 124 valence electrons. The van der Waals surface area contributed by atoms with Crippen molar-refractivity contribution in [3.63, 3.8) is 0 Å². The quantitative estimate of drug-likeness (QED) is 0.790. The Bertz CT molecular complexity index is 550. The third-order valence-corrected chi connectivity index (χ3v) is 4.42. The molecule has 1 saturated carbocycles. The monoisotopic (exact) mass is 314 g/mol. The summed E-state index contributed by atoms with van der Waals surface area (Å²) in [5.41, 5.74) is 1.36. The third-order valence-electron chi connectivity index (χ3n) is 4.42. The fraction of sp³-hybridized carbons (Fsp3) is 0.526. The summed E-state index contributed by atoms with van der Waals surface area (Å²) in [7, 11) is 0. The van der Waals surface area contributed by atoms with Crippen LogP contribution in [0.3, 0.4) is 0 Å². The molecule has 0 radical (unpaired) electrons. The molecule has 0 saturated heterocycles. The van der Waals surface area contributed by atoms with Crippen LogP contribution in [0.1, 0.15) is 62.7 Å². The number of hydrazone groups is 1. The Kier molecular flexibility index (Phi) is 6.51. The smallest absolute Gasteiger partial charge is 0.251 e. The number of benzene rings is 1. The normalized spacial score (nSPS) is 20.6. The number of hydrogen-bond acceptors (Lipinski definition) is 3. The average Bonchev–Trinajstić information content (AvgIpc) is 2.85. The van der Waals surface area contributed by atoms with Crippen LogP contribution in [0.5, 0.6) is 0 Å². The maximum atomic E-state index is 11.9. The fourth-order valence-electron chi connectivity index (χ4n) is 2.75. The van der Waals surface area contributed by atoms with Crippen molar-refractivity contribution in [3.05, 3.63) is 35.9 Å². The highest BCUT2D eigenvalue weighted by molar-refractivity contribution is 6.08. The van der Waals surface area contributed by atoms with Crippen LogP contribution < -0.4 is 0 Å². The van der Waals surface area contributed by atoms with Gasteiger partial charge in [0.2, 0.25) is 0 Å². The highest BCUT2D eigenvalue weighted by Crippen LogP contribution is 2.16. The van der Waals surface area contributed by atoms with Crippen molar-refractivity contribution in [2.24, 2.45) is 11.0 Å². The second kappa shape index (κ2) is 8.61. The SMILES string of the molecule is C1CCCCC1.CC1=NN(CC(=O)c2ccccc2)C(=O)[C@@H]1C. The van der Waals surface area contributed by atoms with E-state index in [0.717, 1.165) is 5.71 Å².